The Morgan fingerprint density at radius 3 is 2.67 bits per heavy atom. The lowest BCUT2D eigenvalue weighted by molar-refractivity contribution is -0.141. The lowest BCUT2D eigenvalue weighted by atomic mass is 10.0. The lowest BCUT2D eigenvalue weighted by Gasteiger charge is -2.11. The molecule has 0 saturated heterocycles. The van der Waals surface area contributed by atoms with Gasteiger partial charge in [0.25, 0.3) is 0 Å². The molecule has 1 aliphatic rings. The van der Waals surface area contributed by atoms with Gasteiger partial charge < -0.3 is 9.47 Å². The number of methoxy groups -OCH3 is 2. The highest BCUT2D eigenvalue weighted by molar-refractivity contribution is 5.75. The van der Waals surface area contributed by atoms with E-state index in [1.165, 1.54) is 20.4 Å². The molecule has 2 atom stereocenters. The third-order valence-corrected chi connectivity index (χ3v) is 6.23. The van der Waals surface area contributed by atoms with E-state index in [-0.39, 0.29) is 17.8 Å². The fourth-order valence-electron chi connectivity index (χ4n) is 4.50. The number of hydrogen-bond acceptors (Lipinski definition) is 8. The normalized spacial score (nSPS) is 17.6. The van der Waals surface area contributed by atoms with Crippen molar-refractivity contribution in [3.63, 3.8) is 0 Å². The second kappa shape index (κ2) is 8.14. The van der Waals surface area contributed by atoms with Crippen molar-refractivity contribution >= 4 is 16.7 Å². The largest absolute Gasteiger partial charge is 0.480 e. The van der Waals surface area contributed by atoms with Crippen LogP contribution in [0, 0.1) is 0 Å². The molecule has 0 radical (unpaired) electrons. The van der Waals surface area contributed by atoms with Crippen LogP contribution in [0.25, 0.3) is 27.9 Å². The van der Waals surface area contributed by atoms with Gasteiger partial charge in [-0.3, -0.25) is 9.67 Å². The summed E-state index contributed by atoms with van der Waals surface area (Å²) in [6, 6.07) is 3.85. The summed E-state index contributed by atoms with van der Waals surface area (Å²) in [5.41, 5.74) is 4.48. The molecule has 0 aromatic carbocycles. The number of aromatic nitrogens is 8. The Balaban J connectivity index is 1.37. The van der Waals surface area contributed by atoms with Crippen LogP contribution in [-0.4, -0.2) is 59.7 Å². The molecule has 0 spiro atoms. The van der Waals surface area contributed by atoms with Crippen molar-refractivity contribution in [1.29, 1.82) is 0 Å². The summed E-state index contributed by atoms with van der Waals surface area (Å²) in [7, 11) is 2.98. The summed E-state index contributed by atoms with van der Waals surface area (Å²) in [6.45, 7) is -1.16. The fourth-order valence-corrected chi connectivity index (χ4v) is 4.50. The van der Waals surface area contributed by atoms with E-state index in [4.69, 9.17) is 9.47 Å². The lowest BCUT2D eigenvalue weighted by Crippen LogP contribution is -2.18. The van der Waals surface area contributed by atoms with Crippen molar-refractivity contribution in [3.8, 4) is 23.1 Å². The van der Waals surface area contributed by atoms with Crippen LogP contribution >= 0.6 is 0 Å². The summed E-state index contributed by atoms with van der Waals surface area (Å²) in [6.07, 6.45) is 4.48. The maximum absolute atomic E-state index is 13.0. The van der Waals surface area contributed by atoms with Gasteiger partial charge in [-0.05, 0) is 36.0 Å². The Morgan fingerprint density at radius 2 is 1.89 bits per heavy atom. The molecule has 0 bridgehead atoms. The van der Waals surface area contributed by atoms with Gasteiger partial charge in [0.05, 0.1) is 37.2 Å². The van der Waals surface area contributed by atoms with Crippen LogP contribution in [0.15, 0.2) is 43.1 Å². The highest BCUT2D eigenvalue weighted by Gasteiger charge is 2.42. The van der Waals surface area contributed by atoms with Crippen molar-refractivity contribution in [2.24, 2.45) is 0 Å². The Morgan fingerprint density at radius 1 is 1.03 bits per heavy atom. The van der Waals surface area contributed by atoms with Crippen LogP contribution in [0.5, 0.6) is 11.9 Å². The summed E-state index contributed by atoms with van der Waals surface area (Å²) in [4.78, 5) is 17.3. The molecule has 10 nitrogen and oxygen atoms in total. The van der Waals surface area contributed by atoms with Crippen molar-refractivity contribution < 1.29 is 22.6 Å². The molecule has 5 heterocycles. The van der Waals surface area contributed by atoms with E-state index in [9.17, 15) is 13.2 Å². The third-order valence-electron chi connectivity index (χ3n) is 6.23. The van der Waals surface area contributed by atoms with Crippen molar-refractivity contribution in [2.45, 2.75) is 31.0 Å². The van der Waals surface area contributed by atoms with Gasteiger partial charge in [0.15, 0.2) is 5.65 Å². The molecule has 184 valence electrons. The summed E-state index contributed by atoms with van der Waals surface area (Å²) < 4.78 is 52.1. The van der Waals surface area contributed by atoms with E-state index in [1.807, 2.05) is 6.07 Å². The van der Waals surface area contributed by atoms with E-state index >= 15 is 0 Å². The van der Waals surface area contributed by atoms with Crippen LogP contribution in [0.1, 0.15) is 29.4 Å². The second-order valence-corrected chi connectivity index (χ2v) is 8.50. The Hall–Kier alpha value is -4.29. The maximum Gasteiger partial charge on any atom is 0.408 e. The predicted molar refractivity (Wildman–Crippen MR) is 121 cm³/mol. The molecule has 0 amide bonds. The monoisotopic (exact) mass is 496 g/mol. The van der Waals surface area contributed by atoms with Crippen LogP contribution in [0.4, 0.5) is 13.2 Å². The third kappa shape index (κ3) is 3.85. The molecule has 6 rings (SSSR count). The zero-order chi connectivity index (χ0) is 25.0. The number of imidazole rings is 1. The first-order chi connectivity index (χ1) is 17.3. The van der Waals surface area contributed by atoms with Gasteiger partial charge >= 0.3 is 12.2 Å². The Labute approximate surface area is 201 Å². The molecule has 5 aromatic rings. The zero-order valence-corrected chi connectivity index (χ0v) is 19.1. The Kier molecular flexibility index (Phi) is 5.02. The van der Waals surface area contributed by atoms with Gasteiger partial charge in [0, 0.05) is 30.4 Å². The van der Waals surface area contributed by atoms with Gasteiger partial charge in [-0.25, -0.2) is 14.5 Å². The van der Waals surface area contributed by atoms with Gasteiger partial charge in [-0.1, -0.05) is 0 Å². The number of nitrogens with zero attached hydrogens (tertiary/aromatic N) is 8. The topological polar surface area (TPSA) is 105 Å². The highest BCUT2D eigenvalue weighted by atomic mass is 19.4. The zero-order valence-electron chi connectivity index (χ0n) is 19.1. The SMILES string of the molecule is COc1ncc(-c2cc([C@H]3CC3c3cnc4cnn(CC(F)(F)F)c4c3)c3nccn3n2)c(OC)n1. The fraction of sp³-hybridized carbons (Fsp3) is 0.304. The first kappa shape index (κ1) is 22.2. The minimum absolute atomic E-state index is 0.0703. The van der Waals surface area contributed by atoms with Gasteiger partial charge in [-0.2, -0.15) is 28.4 Å². The van der Waals surface area contributed by atoms with Crippen LogP contribution < -0.4 is 9.47 Å². The number of hydrogen-bond donors (Lipinski definition) is 0. The van der Waals surface area contributed by atoms with Crippen LogP contribution in [-0.2, 0) is 6.54 Å². The minimum atomic E-state index is -4.37. The first-order valence-electron chi connectivity index (χ1n) is 11.0. The highest BCUT2D eigenvalue weighted by Crippen LogP contribution is 2.56. The molecule has 1 unspecified atom stereocenters. The summed E-state index contributed by atoms with van der Waals surface area (Å²) >= 11 is 0. The minimum Gasteiger partial charge on any atom is -0.480 e. The smallest absolute Gasteiger partial charge is 0.408 e. The number of alkyl halides is 3. The molecule has 1 fully saturated rings. The number of fused-ring (bicyclic) bond motifs is 2. The number of rotatable bonds is 6. The molecule has 0 N–H and O–H groups in total. The van der Waals surface area contributed by atoms with E-state index in [0.29, 0.717) is 33.8 Å². The van der Waals surface area contributed by atoms with Crippen molar-refractivity contribution in [3.05, 3.63) is 54.2 Å². The van der Waals surface area contributed by atoms with Crippen LogP contribution in [0.3, 0.4) is 0 Å². The second-order valence-electron chi connectivity index (χ2n) is 8.50. The molecule has 1 aliphatic carbocycles. The standard InChI is InChI=1S/C23H19F3N8O2/c1-35-21-16(9-29-22(31-21)36-2)17-7-15(20-27-3-4-33(20)32-17)14-6-13(14)12-5-19-18(28-8-12)10-30-34(19)11-23(24,25)26/h3-5,7-10,13-14H,6,11H2,1-2H3/t13?,14-/m0/s1. The average molecular weight is 496 g/mol. The van der Waals surface area contributed by atoms with Crippen molar-refractivity contribution in [1.82, 2.24) is 39.3 Å². The average Bonchev–Trinajstić information content (AvgIpc) is 3.35. The molecule has 36 heavy (non-hydrogen) atoms. The van der Waals surface area contributed by atoms with E-state index in [2.05, 4.69) is 30.1 Å². The number of ether oxygens (including phenoxy) is 2. The molecule has 0 aliphatic heterocycles. The van der Waals surface area contributed by atoms with Gasteiger partial charge in [0.1, 0.15) is 12.1 Å². The molecule has 1 saturated carbocycles. The quantitative estimate of drug-likeness (QED) is 0.350. The summed E-state index contributed by atoms with van der Waals surface area (Å²) in [5, 5.41) is 8.51. The predicted octanol–water partition coefficient (Wildman–Crippen LogP) is 3.78. The first-order valence-corrected chi connectivity index (χ1v) is 11.0. The van der Waals surface area contributed by atoms with Gasteiger partial charge in [-0.15, -0.1) is 0 Å². The van der Waals surface area contributed by atoms with E-state index in [0.717, 1.165) is 22.2 Å². The molecule has 5 aromatic heterocycles. The maximum atomic E-state index is 13.0. The van der Waals surface area contributed by atoms with Crippen molar-refractivity contribution in [2.75, 3.05) is 14.2 Å². The number of halogens is 3. The molecular formula is C23H19F3N8O2. The molecule has 13 heteroatoms. The van der Waals surface area contributed by atoms with Gasteiger partial charge in [0.2, 0.25) is 5.88 Å². The van der Waals surface area contributed by atoms with Crippen LogP contribution in [0.2, 0.25) is 0 Å². The van der Waals surface area contributed by atoms with E-state index < -0.39 is 12.7 Å². The molecular weight excluding hydrogens is 477 g/mol. The Bertz CT molecular complexity index is 1600. The van der Waals surface area contributed by atoms with E-state index in [1.54, 1.807) is 35.4 Å². The number of pyridine rings is 1. The summed E-state index contributed by atoms with van der Waals surface area (Å²) in [5.74, 6) is 0.473.